The number of nitrogens with two attached hydrogens (primary N) is 1. The molecule has 2 aromatic carbocycles. The average molecular weight is 410 g/mol. The number of halogens is 2. The number of para-hydroxylation sites is 1. The van der Waals surface area contributed by atoms with Gasteiger partial charge in [-0.05, 0) is 30.3 Å². The van der Waals surface area contributed by atoms with Crippen LogP contribution in [0.15, 0.2) is 48.8 Å². The molecule has 0 bridgehead atoms. The van der Waals surface area contributed by atoms with Crippen molar-refractivity contribution < 1.29 is 18.3 Å². The lowest BCUT2D eigenvalue weighted by molar-refractivity contribution is 0.0566. The SMILES string of the molecule is COc1c(C#N)cccc1C(=O)Nc1ccc(N)c(C(=N)c2cnn(C(F)F)c2)c1. The zero-order valence-corrected chi connectivity index (χ0v) is 15.7. The van der Waals surface area contributed by atoms with Crippen LogP contribution in [0.4, 0.5) is 20.2 Å². The Balaban J connectivity index is 1.89. The number of nitriles is 1. The quantitative estimate of drug-likeness (QED) is 0.423. The maximum atomic E-state index is 12.7. The molecule has 152 valence electrons. The van der Waals surface area contributed by atoms with Gasteiger partial charge in [-0.1, -0.05) is 6.07 Å². The summed E-state index contributed by atoms with van der Waals surface area (Å²) in [6.07, 6.45) is 2.17. The molecule has 3 aromatic rings. The number of rotatable bonds is 6. The zero-order chi connectivity index (χ0) is 21.8. The Morgan fingerprint density at radius 1 is 1.33 bits per heavy atom. The molecule has 0 spiro atoms. The molecule has 0 atom stereocenters. The largest absolute Gasteiger partial charge is 0.495 e. The van der Waals surface area contributed by atoms with E-state index in [2.05, 4.69) is 10.4 Å². The van der Waals surface area contributed by atoms with E-state index in [0.717, 1.165) is 12.4 Å². The summed E-state index contributed by atoms with van der Waals surface area (Å²) in [4.78, 5) is 12.7. The van der Waals surface area contributed by atoms with Gasteiger partial charge in [0.25, 0.3) is 5.91 Å². The molecule has 1 aromatic heterocycles. The number of nitrogens with zero attached hydrogens (tertiary/aromatic N) is 3. The average Bonchev–Trinajstić information content (AvgIpc) is 3.24. The van der Waals surface area contributed by atoms with Crippen LogP contribution in [-0.2, 0) is 0 Å². The van der Waals surface area contributed by atoms with Gasteiger partial charge in [-0.25, -0.2) is 4.68 Å². The first-order valence-corrected chi connectivity index (χ1v) is 8.55. The summed E-state index contributed by atoms with van der Waals surface area (Å²) in [5.74, 6) is -0.392. The second kappa shape index (κ2) is 8.40. The number of amides is 1. The smallest absolute Gasteiger partial charge is 0.333 e. The van der Waals surface area contributed by atoms with E-state index >= 15 is 0 Å². The van der Waals surface area contributed by atoms with Gasteiger partial charge < -0.3 is 15.8 Å². The molecule has 0 aliphatic heterocycles. The second-order valence-corrected chi connectivity index (χ2v) is 6.12. The summed E-state index contributed by atoms with van der Waals surface area (Å²) in [7, 11) is 1.36. The molecule has 1 amide bonds. The normalized spacial score (nSPS) is 10.5. The lowest BCUT2D eigenvalue weighted by Crippen LogP contribution is -2.15. The van der Waals surface area contributed by atoms with E-state index in [4.69, 9.17) is 21.1 Å². The number of benzene rings is 2. The highest BCUT2D eigenvalue weighted by Crippen LogP contribution is 2.26. The van der Waals surface area contributed by atoms with Crippen molar-refractivity contribution >= 4 is 23.0 Å². The monoisotopic (exact) mass is 410 g/mol. The van der Waals surface area contributed by atoms with Crippen molar-refractivity contribution in [3.63, 3.8) is 0 Å². The minimum Gasteiger partial charge on any atom is -0.495 e. The van der Waals surface area contributed by atoms with Gasteiger partial charge in [0, 0.05) is 28.7 Å². The van der Waals surface area contributed by atoms with Crippen LogP contribution in [0.3, 0.4) is 0 Å². The number of carbonyl (C=O) groups is 1. The number of hydrogen-bond donors (Lipinski definition) is 3. The Labute approximate surface area is 170 Å². The fraction of sp³-hybridized carbons (Fsp3) is 0.100. The van der Waals surface area contributed by atoms with Crippen molar-refractivity contribution in [2.24, 2.45) is 0 Å². The fourth-order valence-electron chi connectivity index (χ4n) is 2.80. The van der Waals surface area contributed by atoms with Crippen LogP contribution in [0.25, 0.3) is 0 Å². The first-order chi connectivity index (χ1) is 14.3. The van der Waals surface area contributed by atoms with Gasteiger partial charge in [-0.3, -0.25) is 10.2 Å². The van der Waals surface area contributed by atoms with Crippen molar-refractivity contribution in [2.45, 2.75) is 6.55 Å². The maximum absolute atomic E-state index is 12.7. The van der Waals surface area contributed by atoms with Gasteiger partial charge in [0.05, 0.1) is 30.1 Å². The van der Waals surface area contributed by atoms with Crippen LogP contribution < -0.4 is 15.8 Å². The van der Waals surface area contributed by atoms with E-state index in [0.29, 0.717) is 10.4 Å². The molecule has 0 radical (unpaired) electrons. The minimum atomic E-state index is -2.83. The molecule has 10 heteroatoms. The standard InChI is InChI=1S/C20H16F2N6O2/c1-30-18-11(8-23)3-2-4-14(18)19(29)27-13-5-6-16(24)15(7-13)17(25)12-9-26-28(10-12)20(21)22/h2-7,9-10,20,25H,24H2,1H3,(H,27,29). The molecule has 0 saturated carbocycles. The molecule has 0 fully saturated rings. The Morgan fingerprint density at radius 2 is 2.10 bits per heavy atom. The van der Waals surface area contributed by atoms with Crippen LogP contribution in [0.1, 0.15) is 33.6 Å². The number of carbonyl (C=O) groups excluding carboxylic acids is 1. The molecule has 4 N–H and O–H groups in total. The Morgan fingerprint density at radius 3 is 2.73 bits per heavy atom. The lowest BCUT2D eigenvalue weighted by Gasteiger charge is -2.12. The number of aromatic nitrogens is 2. The van der Waals surface area contributed by atoms with Crippen LogP contribution in [0.2, 0.25) is 0 Å². The molecule has 8 nitrogen and oxygen atoms in total. The molecule has 0 unspecified atom stereocenters. The van der Waals surface area contributed by atoms with Gasteiger partial charge in [0.1, 0.15) is 11.8 Å². The third kappa shape index (κ3) is 3.95. The summed E-state index contributed by atoms with van der Waals surface area (Å²) in [5, 5.41) is 23.6. The number of hydrogen-bond acceptors (Lipinski definition) is 6. The number of nitrogen functional groups attached to an aromatic ring is 1. The van der Waals surface area contributed by atoms with Gasteiger partial charge >= 0.3 is 6.55 Å². The van der Waals surface area contributed by atoms with Crippen LogP contribution in [-0.4, -0.2) is 28.5 Å². The van der Waals surface area contributed by atoms with E-state index in [9.17, 15) is 13.6 Å². The summed E-state index contributed by atoms with van der Waals surface area (Å²) in [6, 6.07) is 11.0. The van der Waals surface area contributed by atoms with Gasteiger partial charge in [0.15, 0.2) is 0 Å². The van der Waals surface area contributed by atoms with Crippen molar-refractivity contribution in [1.29, 1.82) is 10.7 Å². The molecule has 0 aliphatic carbocycles. The molecule has 0 aliphatic rings. The molecule has 3 rings (SSSR count). The van der Waals surface area contributed by atoms with Crippen molar-refractivity contribution in [2.75, 3.05) is 18.2 Å². The first-order valence-electron chi connectivity index (χ1n) is 8.55. The van der Waals surface area contributed by atoms with Crippen molar-refractivity contribution in [3.8, 4) is 11.8 Å². The summed E-state index contributed by atoms with van der Waals surface area (Å²) < 4.78 is 31.1. The number of ether oxygens (including phenoxy) is 1. The van der Waals surface area contributed by atoms with Crippen LogP contribution in [0.5, 0.6) is 5.75 Å². The highest BCUT2D eigenvalue weighted by atomic mass is 19.3. The van der Waals surface area contributed by atoms with Crippen molar-refractivity contribution in [1.82, 2.24) is 9.78 Å². The van der Waals surface area contributed by atoms with Gasteiger partial charge in [-0.2, -0.15) is 19.1 Å². The first kappa shape index (κ1) is 20.5. The Hall–Kier alpha value is -4.26. The summed E-state index contributed by atoms with van der Waals surface area (Å²) in [5.41, 5.74) is 7.10. The molecule has 0 saturated heterocycles. The highest BCUT2D eigenvalue weighted by Gasteiger charge is 2.18. The Bertz CT molecular complexity index is 1170. The third-order valence-corrected chi connectivity index (χ3v) is 4.25. The van der Waals surface area contributed by atoms with Crippen LogP contribution >= 0.6 is 0 Å². The van der Waals surface area contributed by atoms with Crippen LogP contribution in [0, 0.1) is 16.7 Å². The van der Waals surface area contributed by atoms with Gasteiger partial charge in [-0.15, -0.1) is 0 Å². The fourth-order valence-corrected chi connectivity index (χ4v) is 2.80. The maximum Gasteiger partial charge on any atom is 0.333 e. The van der Waals surface area contributed by atoms with E-state index in [-0.39, 0.29) is 39.4 Å². The highest BCUT2D eigenvalue weighted by molar-refractivity contribution is 6.14. The predicted octanol–water partition coefficient (Wildman–Crippen LogP) is 3.41. The number of methoxy groups -OCH3 is 1. The zero-order valence-electron chi connectivity index (χ0n) is 15.7. The third-order valence-electron chi connectivity index (χ3n) is 4.25. The molecular weight excluding hydrogens is 394 g/mol. The van der Waals surface area contributed by atoms with Crippen molar-refractivity contribution in [3.05, 3.63) is 71.0 Å². The topological polar surface area (TPSA) is 130 Å². The summed E-state index contributed by atoms with van der Waals surface area (Å²) >= 11 is 0. The number of anilines is 2. The molecule has 1 heterocycles. The van der Waals surface area contributed by atoms with E-state index < -0.39 is 12.5 Å². The Kier molecular flexibility index (Phi) is 5.73. The molecule has 30 heavy (non-hydrogen) atoms. The van der Waals surface area contributed by atoms with Gasteiger partial charge in [0.2, 0.25) is 0 Å². The minimum absolute atomic E-state index is 0.125. The second-order valence-electron chi connectivity index (χ2n) is 6.12. The molecular formula is C20H16F2N6O2. The number of nitrogens with one attached hydrogen (secondary N) is 2. The van der Waals surface area contributed by atoms with E-state index in [1.807, 2.05) is 6.07 Å². The predicted molar refractivity (Wildman–Crippen MR) is 106 cm³/mol. The summed E-state index contributed by atoms with van der Waals surface area (Å²) in [6.45, 7) is -2.83. The lowest BCUT2D eigenvalue weighted by atomic mass is 10.0. The van der Waals surface area contributed by atoms with E-state index in [1.165, 1.54) is 37.4 Å². The van der Waals surface area contributed by atoms with E-state index in [1.54, 1.807) is 6.07 Å². The number of alkyl halides is 2.